The van der Waals surface area contributed by atoms with Crippen molar-refractivity contribution in [1.82, 2.24) is 10.9 Å². The molecular weight excluding hydrogens is 324 g/mol. The Morgan fingerprint density at radius 2 is 1.72 bits per heavy atom. The van der Waals surface area contributed by atoms with Gasteiger partial charge in [0.15, 0.2) is 18.1 Å². The molecule has 2 aromatic rings. The highest BCUT2D eigenvalue weighted by atomic mass is 16.7. The van der Waals surface area contributed by atoms with Gasteiger partial charge in [0.05, 0.1) is 0 Å². The Morgan fingerprint density at radius 1 is 1.00 bits per heavy atom. The third kappa shape index (κ3) is 4.20. The molecule has 1 aliphatic rings. The zero-order chi connectivity index (χ0) is 17.8. The molecule has 2 aromatic carbocycles. The van der Waals surface area contributed by atoms with Crippen molar-refractivity contribution in [2.45, 2.75) is 13.8 Å². The Morgan fingerprint density at radius 3 is 2.48 bits per heavy atom. The van der Waals surface area contributed by atoms with Crippen LogP contribution in [0.1, 0.15) is 21.5 Å². The predicted molar refractivity (Wildman–Crippen MR) is 89.6 cm³/mol. The van der Waals surface area contributed by atoms with Crippen LogP contribution in [0, 0.1) is 13.8 Å². The molecule has 2 amide bonds. The maximum Gasteiger partial charge on any atom is 0.276 e. The van der Waals surface area contributed by atoms with E-state index in [0.29, 0.717) is 22.8 Å². The number of carbonyl (C=O) groups excluding carboxylic acids is 2. The fourth-order valence-corrected chi connectivity index (χ4v) is 2.44. The number of rotatable bonds is 4. The average Bonchev–Trinajstić information content (AvgIpc) is 3.04. The van der Waals surface area contributed by atoms with Crippen LogP contribution < -0.4 is 25.1 Å². The van der Waals surface area contributed by atoms with Crippen LogP contribution >= 0.6 is 0 Å². The molecule has 25 heavy (non-hydrogen) atoms. The Hall–Kier alpha value is -3.22. The molecule has 1 aliphatic heterocycles. The number of amides is 2. The molecule has 0 bridgehead atoms. The molecule has 0 atom stereocenters. The zero-order valence-electron chi connectivity index (χ0n) is 13.9. The predicted octanol–water partition coefficient (Wildman–Crippen LogP) is 1.87. The first-order valence-corrected chi connectivity index (χ1v) is 7.71. The second-order valence-electron chi connectivity index (χ2n) is 5.68. The zero-order valence-corrected chi connectivity index (χ0v) is 13.9. The van der Waals surface area contributed by atoms with Gasteiger partial charge in [-0.3, -0.25) is 20.4 Å². The number of ether oxygens (including phenoxy) is 3. The van der Waals surface area contributed by atoms with E-state index in [1.165, 1.54) is 0 Å². The first-order chi connectivity index (χ1) is 12.0. The molecule has 0 aromatic heterocycles. The minimum Gasteiger partial charge on any atom is -0.484 e. The third-order valence-electron chi connectivity index (χ3n) is 3.52. The van der Waals surface area contributed by atoms with Gasteiger partial charge in [0.1, 0.15) is 5.75 Å². The summed E-state index contributed by atoms with van der Waals surface area (Å²) in [6.45, 7) is 3.83. The third-order valence-corrected chi connectivity index (χ3v) is 3.52. The maximum atomic E-state index is 12.0. The molecule has 0 saturated carbocycles. The lowest BCUT2D eigenvalue weighted by Crippen LogP contribution is -2.43. The summed E-state index contributed by atoms with van der Waals surface area (Å²) in [5, 5.41) is 0. The van der Waals surface area contributed by atoms with Crippen LogP contribution in [0.4, 0.5) is 0 Å². The lowest BCUT2D eigenvalue weighted by atomic mass is 10.1. The van der Waals surface area contributed by atoms with Crippen LogP contribution in [-0.2, 0) is 4.79 Å². The summed E-state index contributed by atoms with van der Waals surface area (Å²) in [6.07, 6.45) is 0. The Labute approximate surface area is 144 Å². The van der Waals surface area contributed by atoms with Gasteiger partial charge < -0.3 is 14.2 Å². The van der Waals surface area contributed by atoms with Crippen molar-refractivity contribution in [3.8, 4) is 17.2 Å². The number of hydrogen-bond donors (Lipinski definition) is 2. The van der Waals surface area contributed by atoms with Crippen LogP contribution in [-0.4, -0.2) is 25.2 Å². The van der Waals surface area contributed by atoms with E-state index in [2.05, 4.69) is 10.9 Å². The van der Waals surface area contributed by atoms with Crippen LogP contribution in [0.15, 0.2) is 36.4 Å². The highest BCUT2D eigenvalue weighted by Gasteiger charge is 2.16. The van der Waals surface area contributed by atoms with E-state index in [1.54, 1.807) is 18.2 Å². The molecule has 7 heteroatoms. The SMILES string of the molecule is Cc1cc(C)cc(OCC(=O)NNC(=O)c2ccc3c(c2)OCO3)c1. The number of nitrogens with one attached hydrogen (secondary N) is 2. The summed E-state index contributed by atoms with van der Waals surface area (Å²) < 4.78 is 15.8. The first kappa shape index (κ1) is 16.6. The normalized spacial score (nSPS) is 11.8. The topological polar surface area (TPSA) is 85.9 Å². The molecule has 1 heterocycles. The Balaban J connectivity index is 1.49. The van der Waals surface area contributed by atoms with Crippen molar-refractivity contribution in [3.63, 3.8) is 0 Å². The van der Waals surface area contributed by atoms with E-state index >= 15 is 0 Å². The minimum absolute atomic E-state index is 0.132. The molecule has 3 rings (SSSR count). The summed E-state index contributed by atoms with van der Waals surface area (Å²) >= 11 is 0. The van der Waals surface area contributed by atoms with Crippen molar-refractivity contribution in [3.05, 3.63) is 53.1 Å². The van der Waals surface area contributed by atoms with Crippen molar-refractivity contribution in [2.24, 2.45) is 0 Å². The smallest absolute Gasteiger partial charge is 0.276 e. The van der Waals surface area contributed by atoms with Crippen molar-refractivity contribution in [2.75, 3.05) is 13.4 Å². The van der Waals surface area contributed by atoms with Gasteiger partial charge in [0.2, 0.25) is 6.79 Å². The lowest BCUT2D eigenvalue weighted by molar-refractivity contribution is -0.123. The van der Waals surface area contributed by atoms with E-state index in [0.717, 1.165) is 11.1 Å². The summed E-state index contributed by atoms with van der Waals surface area (Å²) in [5.74, 6) is 0.764. The fraction of sp³-hybridized carbons (Fsp3) is 0.222. The fourth-order valence-electron chi connectivity index (χ4n) is 2.44. The van der Waals surface area contributed by atoms with E-state index in [4.69, 9.17) is 14.2 Å². The van der Waals surface area contributed by atoms with Gasteiger partial charge in [-0.2, -0.15) is 0 Å². The van der Waals surface area contributed by atoms with E-state index in [9.17, 15) is 9.59 Å². The summed E-state index contributed by atoms with van der Waals surface area (Å²) in [4.78, 5) is 23.9. The molecule has 0 radical (unpaired) electrons. The van der Waals surface area contributed by atoms with Gasteiger partial charge in [-0.1, -0.05) is 6.07 Å². The van der Waals surface area contributed by atoms with Gasteiger partial charge in [0.25, 0.3) is 11.8 Å². The second-order valence-corrected chi connectivity index (χ2v) is 5.68. The van der Waals surface area contributed by atoms with Gasteiger partial charge in [-0.25, -0.2) is 0 Å². The largest absolute Gasteiger partial charge is 0.484 e. The Kier molecular flexibility index (Phi) is 4.74. The van der Waals surface area contributed by atoms with E-state index in [-0.39, 0.29) is 13.4 Å². The molecular formula is C18H18N2O5. The first-order valence-electron chi connectivity index (χ1n) is 7.71. The summed E-state index contributed by atoms with van der Waals surface area (Å²) in [5.41, 5.74) is 7.09. The number of aryl methyl sites for hydroxylation is 2. The second kappa shape index (κ2) is 7.12. The lowest BCUT2D eigenvalue weighted by Gasteiger charge is -2.10. The molecule has 7 nitrogen and oxygen atoms in total. The number of benzene rings is 2. The monoisotopic (exact) mass is 342 g/mol. The number of hydrazine groups is 1. The minimum atomic E-state index is -0.465. The average molecular weight is 342 g/mol. The van der Waals surface area contributed by atoms with Crippen LogP contribution in [0.25, 0.3) is 0 Å². The molecule has 0 unspecified atom stereocenters. The molecule has 0 saturated heterocycles. The van der Waals surface area contributed by atoms with Crippen LogP contribution in [0.5, 0.6) is 17.2 Å². The number of carbonyl (C=O) groups is 2. The van der Waals surface area contributed by atoms with Crippen molar-refractivity contribution < 1.29 is 23.8 Å². The van der Waals surface area contributed by atoms with Gasteiger partial charge in [-0.15, -0.1) is 0 Å². The van der Waals surface area contributed by atoms with E-state index in [1.807, 2.05) is 32.0 Å². The molecule has 0 fully saturated rings. The van der Waals surface area contributed by atoms with Crippen molar-refractivity contribution >= 4 is 11.8 Å². The standard InChI is InChI=1S/C18H18N2O5/c1-11-5-12(2)7-14(6-11)23-9-17(21)19-20-18(22)13-3-4-15-16(8-13)25-10-24-15/h3-8H,9-10H2,1-2H3,(H,19,21)(H,20,22). The quantitative estimate of drug-likeness (QED) is 0.829. The number of fused-ring (bicyclic) bond motifs is 1. The Bertz CT molecular complexity index is 799. The van der Waals surface area contributed by atoms with Crippen molar-refractivity contribution in [1.29, 1.82) is 0 Å². The highest BCUT2D eigenvalue weighted by molar-refractivity contribution is 5.96. The maximum absolute atomic E-state index is 12.0. The molecule has 130 valence electrons. The van der Waals surface area contributed by atoms with Gasteiger partial charge >= 0.3 is 0 Å². The summed E-state index contributed by atoms with van der Waals surface area (Å²) in [6, 6.07) is 10.5. The van der Waals surface area contributed by atoms with E-state index < -0.39 is 11.8 Å². The summed E-state index contributed by atoms with van der Waals surface area (Å²) in [7, 11) is 0. The molecule has 2 N–H and O–H groups in total. The molecule has 0 spiro atoms. The molecule has 0 aliphatic carbocycles. The highest BCUT2D eigenvalue weighted by Crippen LogP contribution is 2.32. The van der Waals surface area contributed by atoms with Crippen LogP contribution in [0.2, 0.25) is 0 Å². The van der Waals surface area contributed by atoms with Gasteiger partial charge in [0, 0.05) is 5.56 Å². The number of hydrogen-bond acceptors (Lipinski definition) is 5. The van der Waals surface area contributed by atoms with Crippen LogP contribution in [0.3, 0.4) is 0 Å². The van der Waals surface area contributed by atoms with Gasteiger partial charge in [-0.05, 0) is 55.3 Å².